The molecule has 1 atom stereocenters. The molecule has 0 bridgehead atoms. The zero-order chi connectivity index (χ0) is 48.6. The Morgan fingerprint density at radius 3 is 0.836 bits per heavy atom. The van der Waals surface area contributed by atoms with Crippen LogP contribution in [0.1, 0.15) is 316 Å². The number of carbonyl (C=O) groups is 3. The van der Waals surface area contributed by atoms with E-state index in [0.29, 0.717) is 19.3 Å². The van der Waals surface area contributed by atoms with E-state index in [1.807, 2.05) is 0 Å². The molecule has 0 fully saturated rings. The van der Waals surface area contributed by atoms with E-state index < -0.39 is 6.10 Å². The molecule has 0 aliphatic rings. The smallest absolute Gasteiger partial charge is 0.306 e. The minimum Gasteiger partial charge on any atom is -0.462 e. The molecule has 0 saturated heterocycles. The van der Waals surface area contributed by atoms with Gasteiger partial charge in [0.2, 0.25) is 0 Å². The lowest BCUT2D eigenvalue weighted by Gasteiger charge is -2.18. The van der Waals surface area contributed by atoms with Crippen LogP contribution in [0.3, 0.4) is 0 Å². The molecule has 0 N–H and O–H groups in total. The summed E-state index contributed by atoms with van der Waals surface area (Å²) in [5, 5.41) is 0. The first-order chi connectivity index (χ1) is 33.0. The van der Waals surface area contributed by atoms with Crippen molar-refractivity contribution in [2.45, 2.75) is 322 Å². The van der Waals surface area contributed by atoms with E-state index in [2.05, 4.69) is 57.2 Å². The van der Waals surface area contributed by atoms with Crippen molar-refractivity contribution in [1.29, 1.82) is 0 Å². The molecule has 0 aliphatic heterocycles. The Balaban J connectivity index is 4.04. The minimum absolute atomic E-state index is 0.0708. The van der Waals surface area contributed by atoms with Crippen molar-refractivity contribution in [3.8, 4) is 0 Å². The Morgan fingerprint density at radius 2 is 0.537 bits per heavy atom. The Morgan fingerprint density at radius 1 is 0.299 bits per heavy atom. The van der Waals surface area contributed by atoms with E-state index in [1.165, 1.54) is 205 Å². The summed E-state index contributed by atoms with van der Waals surface area (Å²) in [6, 6.07) is 0. The third kappa shape index (κ3) is 54.4. The van der Waals surface area contributed by atoms with Crippen LogP contribution in [0.25, 0.3) is 0 Å². The summed E-state index contributed by atoms with van der Waals surface area (Å²) in [6.07, 6.45) is 67.6. The van der Waals surface area contributed by atoms with Crippen LogP contribution >= 0.6 is 0 Å². The maximum Gasteiger partial charge on any atom is 0.306 e. The molecule has 0 aromatic heterocycles. The lowest BCUT2D eigenvalue weighted by atomic mass is 10.0. The number of rotatable bonds is 54. The molecule has 0 heterocycles. The third-order valence-electron chi connectivity index (χ3n) is 13.1. The van der Waals surface area contributed by atoms with Gasteiger partial charge in [-0.2, -0.15) is 0 Å². The summed E-state index contributed by atoms with van der Waals surface area (Å²) >= 11 is 0. The summed E-state index contributed by atoms with van der Waals surface area (Å²) in [5.41, 5.74) is 0. The van der Waals surface area contributed by atoms with E-state index in [9.17, 15) is 14.4 Å². The SMILES string of the molecule is CCCCCCC/C=C\C/C=C\CCCCCCCCCCCCCCCC(=O)OCC(COC(=O)CCCCCCC)OC(=O)CCCCCCCCCCC/C=C\CCCCCCCC. The second kappa shape index (κ2) is 56.2. The summed E-state index contributed by atoms with van der Waals surface area (Å²) in [5.74, 6) is -0.873. The molecule has 0 aromatic carbocycles. The van der Waals surface area contributed by atoms with Crippen molar-refractivity contribution >= 4 is 17.9 Å². The van der Waals surface area contributed by atoms with Gasteiger partial charge in [-0.1, -0.05) is 256 Å². The second-order valence-corrected chi connectivity index (χ2v) is 19.9. The van der Waals surface area contributed by atoms with Crippen LogP contribution in [0.5, 0.6) is 0 Å². The molecule has 0 rings (SSSR count). The van der Waals surface area contributed by atoms with Gasteiger partial charge in [-0.3, -0.25) is 14.4 Å². The minimum atomic E-state index is -0.768. The highest BCUT2D eigenvalue weighted by atomic mass is 16.6. The van der Waals surface area contributed by atoms with Gasteiger partial charge in [0.15, 0.2) is 6.10 Å². The molecular formula is C61H112O6. The molecule has 0 amide bonds. The Labute approximate surface area is 416 Å². The summed E-state index contributed by atoms with van der Waals surface area (Å²) in [7, 11) is 0. The largest absolute Gasteiger partial charge is 0.462 e. The fourth-order valence-corrected chi connectivity index (χ4v) is 8.65. The van der Waals surface area contributed by atoms with E-state index in [4.69, 9.17) is 14.2 Å². The van der Waals surface area contributed by atoms with Gasteiger partial charge in [0.25, 0.3) is 0 Å². The number of hydrogen-bond donors (Lipinski definition) is 0. The molecule has 0 aliphatic carbocycles. The Kier molecular flexibility index (Phi) is 54.2. The van der Waals surface area contributed by atoms with Gasteiger partial charge >= 0.3 is 17.9 Å². The number of hydrogen-bond acceptors (Lipinski definition) is 6. The van der Waals surface area contributed by atoms with Crippen molar-refractivity contribution in [2.75, 3.05) is 13.2 Å². The monoisotopic (exact) mass is 941 g/mol. The van der Waals surface area contributed by atoms with Crippen LogP contribution in [0, 0.1) is 0 Å². The Bertz CT molecular complexity index is 1130. The van der Waals surface area contributed by atoms with Crippen LogP contribution < -0.4 is 0 Å². The zero-order valence-electron chi connectivity index (χ0n) is 44.9. The number of carbonyl (C=O) groups excluding carboxylic acids is 3. The zero-order valence-corrected chi connectivity index (χ0v) is 44.9. The fraction of sp³-hybridized carbons (Fsp3) is 0.852. The predicted octanol–water partition coefficient (Wildman–Crippen LogP) is 19.7. The van der Waals surface area contributed by atoms with Crippen molar-refractivity contribution in [3.05, 3.63) is 36.5 Å². The first-order valence-electron chi connectivity index (χ1n) is 29.5. The van der Waals surface area contributed by atoms with E-state index in [1.54, 1.807) is 0 Å². The predicted molar refractivity (Wildman–Crippen MR) is 289 cm³/mol. The van der Waals surface area contributed by atoms with Gasteiger partial charge in [-0.15, -0.1) is 0 Å². The standard InChI is InChI=1S/C61H112O6/c1-4-7-10-13-15-17-19-21-23-25-27-28-29-30-31-32-34-35-37-39-41-43-45-48-51-54-60(63)66-57-58(56-65-59(62)53-50-47-12-9-6-3)67-61(64)55-52-49-46-44-42-40-38-36-33-26-24-22-20-18-16-14-11-8-5-2/h19,21-22,24-25,27,58H,4-18,20,23,26,28-57H2,1-3H3/b21-19-,24-22-,27-25-. The van der Waals surface area contributed by atoms with E-state index in [-0.39, 0.29) is 31.1 Å². The van der Waals surface area contributed by atoms with Crippen LogP contribution in [-0.2, 0) is 28.6 Å². The molecular weight excluding hydrogens is 829 g/mol. The highest BCUT2D eigenvalue weighted by molar-refractivity contribution is 5.71. The molecule has 0 spiro atoms. The number of ether oxygens (including phenoxy) is 3. The molecule has 1 unspecified atom stereocenters. The lowest BCUT2D eigenvalue weighted by Crippen LogP contribution is -2.30. The van der Waals surface area contributed by atoms with E-state index >= 15 is 0 Å². The highest BCUT2D eigenvalue weighted by Crippen LogP contribution is 2.16. The van der Waals surface area contributed by atoms with Gasteiger partial charge in [0, 0.05) is 19.3 Å². The fourth-order valence-electron chi connectivity index (χ4n) is 8.65. The average molecular weight is 942 g/mol. The maximum absolute atomic E-state index is 12.8. The second-order valence-electron chi connectivity index (χ2n) is 19.9. The van der Waals surface area contributed by atoms with Gasteiger partial charge in [-0.25, -0.2) is 0 Å². The van der Waals surface area contributed by atoms with Crippen molar-refractivity contribution in [2.24, 2.45) is 0 Å². The summed E-state index contributed by atoms with van der Waals surface area (Å²) in [6.45, 7) is 6.58. The molecule has 0 radical (unpaired) electrons. The maximum atomic E-state index is 12.8. The van der Waals surface area contributed by atoms with Gasteiger partial charge in [0.1, 0.15) is 13.2 Å². The van der Waals surface area contributed by atoms with E-state index in [0.717, 1.165) is 70.6 Å². The molecule has 0 aromatic rings. The number of unbranched alkanes of at least 4 members (excludes halogenated alkanes) is 37. The number of esters is 3. The summed E-state index contributed by atoms with van der Waals surface area (Å²) < 4.78 is 16.7. The average Bonchev–Trinajstić information content (AvgIpc) is 3.33. The van der Waals surface area contributed by atoms with Gasteiger partial charge in [0.05, 0.1) is 0 Å². The van der Waals surface area contributed by atoms with Crippen molar-refractivity contribution in [3.63, 3.8) is 0 Å². The normalized spacial score (nSPS) is 12.2. The molecule has 67 heavy (non-hydrogen) atoms. The quantitative estimate of drug-likeness (QED) is 0.0262. The van der Waals surface area contributed by atoms with Crippen LogP contribution in [0.4, 0.5) is 0 Å². The molecule has 6 nitrogen and oxygen atoms in total. The van der Waals surface area contributed by atoms with Crippen molar-refractivity contribution in [1.82, 2.24) is 0 Å². The molecule has 0 saturated carbocycles. The topological polar surface area (TPSA) is 78.9 Å². The highest BCUT2D eigenvalue weighted by Gasteiger charge is 2.19. The molecule has 392 valence electrons. The van der Waals surface area contributed by atoms with Crippen molar-refractivity contribution < 1.29 is 28.6 Å². The van der Waals surface area contributed by atoms with Crippen LogP contribution in [0.2, 0.25) is 0 Å². The number of allylic oxidation sites excluding steroid dienone is 6. The lowest BCUT2D eigenvalue weighted by molar-refractivity contribution is -0.167. The summed E-state index contributed by atoms with van der Waals surface area (Å²) in [4.78, 5) is 37.8. The third-order valence-corrected chi connectivity index (χ3v) is 13.1. The Hall–Kier alpha value is -2.37. The first-order valence-corrected chi connectivity index (χ1v) is 29.5. The van der Waals surface area contributed by atoms with Crippen LogP contribution in [0.15, 0.2) is 36.5 Å². The van der Waals surface area contributed by atoms with Gasteiger partial charge < -0.3 is 14.2 Å². The van der Waals surface area contributed by atoms with Gasteiger partial charge in [-0.05, 0) is 77.0 Å². The van der Waals surface area contributed by atoms with Crippen LogP contribution in [-0.4, -0.2) is 37.2 Å². The molecule has 6 heteroatoms. The first kappa shape index (κ1) is 64.6.